The monoisotopic (exact) mass is 800 g/mol. The highest BCUT2D eigenvalue weighted by Crippen LogP contribution is 2.45. The van der Waals surface area contributed by atoms with Gasteiger partial charge in [0, 0.05) is 36.7 Å². The summed E-state index contributed by atoms with van der Waals surface area (Å²) >= 11 is 1.62. The van der Waals surface area contributed by atoms with Crippen LogP contribution >= 0.6 is 11.3 Å². The molecule has 0 saturated carbocycles. The molecule has 0 aliphatic rings. The van der Waals surface area contributed by atoms with Gasteiger partial charge in [-0.3, -0.25) is 4.79 Å². The lowest BCUT2D eigenvalue weighted by Gasteiger charge is -2.49. The summed E-state index contributed by atoms with van der Waals surface area (Å²) in [5.74, 6) is 0.165. The molecule has 6 nitrogen and oxygen atoms in total. The number of carbonyl (C=O) groups is 1. The van der Waals surface area contributed by atoms with E-state index in [-0.39, 0.29) is 45.7 Å². The second-order valence-electron chi connectivity index (χ2n) is 19.3. The molecule has 1 heterocycles. The standard InChI is InChI=1S/C45H77NO5SSi2/c1-33(25-21-18-19-24-28-40(50-37(5)47)34(2)29-39-31-52-36(4)46-39)41(48-30-38-26-22-20-23-27-38)35(3)42(51-54(16,17)44(9,10)11)45(12,13)32-49-53(14,15)43(6,7)8/h19-20,22-24,26-27,29,31,33,35,40-42H,18,21,25,28,30,32H2,1-17H3/b24-19-,34-29-/t33-,35+,40-,41-,42+/m0/s1. The molecule has 306 valence electrons. The first kappa shape index (κ1) is 48.3. The minimum absolute atomic E-state index is 0.00779. The zero-order chi connectivity index (χ0) is 41.1. The van der Waals surface area contributed by atoms with Gasteiger partial charge >= 0.3 is 5.97 Å². The Hall–Kier alpha value is -1.89. The zero-order valence-electron chi connectivity index (χ0n) is 37.2. The van der Waals surface area contributed by atoms with Crippen molar-refractivity contribution in [2.45, 2.75) is 177 Å². The van der Waals surface area contributed by atoms with Crippen LogP contribution in [0, 0.1) is 24.2 Å². The number of rotatable bonds is 21. The Morgan fingerprint density at radius 2 is 1.52 bits per heavy atom. The lowest BCUT2D eigenvalue weighted by Crippen LogP contribution is -2.55. The number of aromatic nitrogens is 1. The first-order valence-electron chi connectivity index (χ1n) is 20.2. The minimum atomic E-state index is -2.16. The number of aryl methyl sites for hydroxylation is 1. The van der Waals surface area contributed by atoms with Crippen molar-refractivity contribution >= 4 is 40.0 Å². The molecule has 0 saturated heterocycles. The maximum absolute atomic E-state index is 11.9. The third-order valence-corrected chi connectivity index (χ3v) is 21.6. The summed E-state index contributed by atoms with van der Waals surface area (Å²) in [6, 6.07) is 10.5. The number of thiazole rings is 1. The molecule has 9 heteroatoms. The van der Waals surface area contributed by atoms with Crippen molar-refractivity contribution in [3.63, 3.8) is 0 Å². The van der Waals surface area contributed by atoms with Gasteiger partial charge in [0.2, 0.25) is 0 Å². The van der Waals surface area contributed by atoms with Gasteiger partial charge in [-0.2, -0.15) is 0 Å². The van der Waals surface area contributed by atoms with Gasteiger partial charge in [0.05, 0.1) is 29.5 Å². The summed E-state index contributed by atoms with van der Waals surface area (Å²) in [5, 5.41) is 3.26. The molecule has 2 aromatic rings. The third-order valence-electron chi connectivity index (χ3n) is 11.8. The van der Waals surface area contributed by atoms with Crippen LogP contribution < -0.4 is 0 Å². The summed E-state index contributed by atoms with van der Waals surface area (Å²) in [7, 11) is -4.13. The van der Waals surface area contributed by atoms with Crippen molar-refractivity contribution in [1.29, 1.82) is 0 Å². The highest BCUT2D eigenvalue weighted by molar-refractivity contribution is 7.09. The predicted octanol–water partition coefficient (Wildman–Crippen LogP) is 13.2. The fraction of sp³-hybridized carbons (Fsp3) is 0.689. The summed E-state index contributed by atoms with van der Waals surface area (Å²) in [6.07, 6.45) is 9.69. The summed E-state index contributed by atoms with van der Waals surface area (Å²) < 4.78 is 27.1. The SMILES string of the molecule is CC(=O)O[C@@H](C/C=C\CCC[C@H](C)[C@H](OCc1ccccc1)[C@@H](C)[C@@H](O[Si](C)(C)C(C)(C)C)C(C)(C)CO[Si](C)(C)C(C)(C)C)/C(C)=C\c1csc(C)n1. The Morgan fingerprint density at radius 1 is 0.907 bits per heavy atom. The van der Waals surface area contributed by atoms with Gasteiger partial charge in [0.1, 0.15) is 6.10 Å². The second-order valence-corrected chi connectivity index (χ2v) is 30.0. The fourth-order valence-electron chi connectivity index (χ4n) is 6.27. The smallest absolute Gasteiger partial charge is 0.303 e. The molecule has 0 radical (unpaired) electrons. The van der Waals surface area contributed by atoms with Crippen LogP contribution in [0.1, 0.15) is 125 Å². The van der Waals surface area contributed by atoms with Crippen LogP contribution in [-0.4, -0.2) is 52.5 Å². The number of benzene rings is 1. The molecule has 0 unspecified atom stereocenters. The van der Waals surface area contributed by atoms with Crippen molar-refractivity contribution in [2.75, 3.05) is 6.61 Å². The Morgan fingerprint density at radius 3 is 2.06 bits per heavy atom. The predicted molar refractivity (Wildman–Crippen MR) is 236 cm³/mol. The molecular formula is C45H77NO5SSi2. The molecule has 1 aromatic carbocycles. The number of nitrogens with zero attached hydrogens (tertiary/aromatic N) is 1. The number of carbonyl (C=O) groups excluding carboxylic acids is 1. The molecule has 0 aliphatic heterocycles. The maximum Gasteiger partial charge on any atom is 0.303 e. The van der Waals surface area contributed by atoms with Crippen molar-refractivity contribution in [1.82, 2.24) is 4.98 Å². The molecule has 1 aromatic heterocycles. The Labute approximate surface area is 337 Å². The molecule has 0 amide bonds. The third kappa shape index (κ3) is 15.2. The number of esters is 1. The Bertz CT molecular complexity index is 1490. The first-order chi connectivity index (χ1) is 24.8. The van der Waals surface area contributed by atoms with Crippen LogP contribution in [0.2, 0.25) is 36.3 Å². The van der Waals surface area contributed by atoms with Gasteiger partial charge in [-0.1, -0.05) is 112 Å². The summed E-state index contributed by atoms with van der Waals surface area (Å²) in [6.45, 7) is 39.4. The van der Waals surface area contributed by atoms with E-state index in [1.165, 1.54) is 12.5 Å². The number of allylic oxidation sites excluding steroid dienone is 1. The second kappa shape index (κ2) is 20.5. The van der Waals surface area contributed by atoms with E-state index in [9.17, 15) is 4.79 Å². The maximum atomic E-state index is 11.9. The average Bonchev–Trinajstić information content (AvgIpc) is 3.46. The zero-order valence-corrected chi connectivity index (χ0v) is 40.0. The van der Waals surface area contributed by atoms with E-state index in [0.29, 0.717) is 25.6 Å². The topological polar surface area (TPSA) is 66.9 Å². The molecule has 5 atom stereocenters. The number of hydrogen-bond acceptors (Lipinski definition) is 7. The van der Waals surface area contributed by atoms with E-state index in [1.54, 1.807) is 11.3 Å². The van der Waals surface area contributed by atoms with Crippen molar-refractivity contribution in [2.24, 2.45) is 17.3 Å². The van der Waals surface area contributed by atoms with Gasteiger partial charge in [0.25, 0.3) is 0 Å². The molecule has 0 aliphatic carbocycles. The molecule has 54 heavy (non-hydrogen) atoms. The molecule has 0 fully saturated rings. The van der Waals surface area contributed by atoms with Crippen LogP contribution in [0.25, 0.3) is 6.08 Å². The lowest BCUT2D eigenvalue weighted by molar-refractivity contribution is -0.144. The van der Waals surface area contributed by atoms with E-state index in [0.717, 1.165) is 35.5 Å². The highest BCUT2D eigenvalue weighted by Gasteiger charge is 2.48. The fourth-order valence-corrected chi connectivity index (χ4v) is 9.53. The quantitative estimate of drug-likeness (QED) is 0.0542. The number of hydrogen-bond donors (Lipinski definition) is 0. The van der Waals surface area contributed by atoms with Crippen LogP contribution in [0.15, 0.2) is 53.4 Å². The van der Waals surface area contributed by atoms with E-state index in [4.69, 9.17) is 18.3 Å². The summed E-state index contributed by atoms with van der Waals surface area (Å²) in [4.78, 5) is 16.5. The van der Waals surface area contributed by atoms with Crippen molar-refractivity contribution in [3.05, 3.63) is 69.7 Å². The van der Waals surface area contributed by atoms with Gasteiger partial charge in [-0.05, 0) is 92.5 Å². The molecular weight excluding hydrogens is 723 g/mol. The van der Waals surface area contributed by atoms with Gasteiger partial charge in [-0.25, -0.2) is 4.98 Å². The Kier molecular flexibility index (Phi) is 18.3. The average molecular weight is 800 g/mol. The van der Waals surface area contributed by atoms with Crippen LogP contribution in [0.3, 0.4) is 0 Å². The molecule has 0 spiro atoms. The molecule has 0 N–H and O–H groups in total. The van der Waals surface area contributed by atoms with E-state index < -0.39 is 16.6 Å². The lowest BCUT2D eigenvalue weighted by atomic mass is 9.75. The Balaban J connectivity index is 2.30. The van der Waals surface area contributed by atoms with Gasteiger partial charge in [0.15, 0.2) is 16.6 Å². The summed E-state index contributed by atoms with van der Waals surface area (Å²) in [5.41, 5.74) is 2.86. The number of ether oxygens (including phenoxy) is 2. The molecule has 2 rings (SSSR count). The van der Waals surface area contributed by atoms with E-state index >= 15 is 0 Å². The van der Waals surface area contributed by atoms with E-state index in [1.807, 2.05) is 25.3 Å². The van der Waals surface area contributed by atoms with Crippen molar-refractivity contribution in [3.8, 4) is 0 Å². The largest absolute Gasteiger partial charge is 0.458 e. The van der Waals surface area contributed by atoms with Crippen LogP contribution in [0.4, 0.5) is 0 Å². The van der Waals surface area contributed by atoms with Crippen LogP contribution in [-0.2, 0) is 29.7 Å². The normalized spacial score (nSPS) is 16.6. The number of unbranched alkanes of at least 4 members (excludes halogenated alkanes) is 1. The minimum Gasteiger partial charge on any atom is -0.458 e. The first-order valence-corrected chi connectivity index (χ1v) is 26.9. The van der Waals surface area contributed by atoms with Gasteiger partial charge in [-0.15, -0.1) is 11.3 Å². The van der Waals surface area contributed by atoms with E-state index in [2.05, 4.69) is 143 Å². The van der Waals surface area contributed by atoms with Gasteiger partial charge < -0.3 is 18.3 Å². The highest BCUT2D eigenvalue weighted by atomic mass is 32.1. The van der Waals surface area contributed by atoms with Crippen molar-refractivity contribution < 1.29 is 23.1 Å². The van der Waals surface area contributed by atoms with Crippen LogP contribution in [0.5, 0.6) is 0 Å². The molecule has 0 bridgehead atoms.